The van der Waals surface area contributed by atoms with Crippen molar-refractivity contribution in [3.63, 3.8) is 0 Å². The van der Waals surface area contributed by atoms with Crippen LogP contribution in [-0.4, -0.2) is 46.7 Å². The van der Waals surface area contributed by atoms with Crippen LogP contribution in [0, 0.1) is 5.41 Å². The summed E-state index contributed by atoms with van der Waals surface area (Å²) >= 11 is 0. The molecule has 1 aliphatic heterocycles. The number of Topliss-reactive ketones (excluding diaryl/α,β-unsaturated/α-hetero) is 1. The van der Waals surface area contributed by atoms with Crippen molar-refractivity contribution in [2.45, 2.75) is 143 Å². The smallest absolute Gasteiger partial charge is 0.326 e. The molecule has 1 aromatic rings. The number of hydrogen-bond donors (Lipinski definition) is 2. The van der Waals surface area contributed by atoms with Gasteiger partial charge in [-0.1, -0.05) is 123 Å². The van der Waals surface area contributed by atoms with E-state index in [-0.39, 0.29) is 0 Å². The number of rotatable bonds is 20. The maximum atomic E-state index is 13.5. The number of urea groups is 1. The fraction of sp³-hybridized carbons (Fsp3) is 0.706. The molecule has 0 spiro atoms. The number of ether oxygens (including phenoxy) is 1. The summed E-state index contributed by atoms with van der Waals surface area (Å²) in [6, 6.07) is 4.66. The molecule has 236 valence electrons. The van der Waals surface area contributed by atoms with Gasteiger partial charge in [0.25, 0.3) is 11.8 Å². The van der Waals surface area contributed by atoms with Crippen molar-refractivity contribution in [3.8, 4) is 5.75 Å². The Morgan fingerprint density at radius 2 is 1.36 bits per heavy atom. The Bertz CT molecular complexity index is 1030. The van der Waals surface area contributed by atoms with Gasteiger partial charge in [-0.05, 0) is 32.4 Å². The Balaban J connectivity index is 1.81. The lowest BCUT2D eigenvalue weighted by atomic mass is 9.85. The molecule has 42 heavy (non-hydrogen) atoms. The van der Waals surface area contributed by atoms with Crippen LogP contribution in [0.3, 0.4) is 0 Å². The lowest BCUT2D eigenvalue weighted by Gasteiger charge is -2.29. The molecule has 0 saturated carbocycles. The molecule has 1 aromatic carbocycles. The van der Waals surface area contributed by atoms with Crippen molar-refractivity contribution in [3.05, 3.63) is 24.3 Å². The molecule has 0 radical (unpaired) electrons. The summed E-state index contributed by atoms with van der Waals surface area (Å²) in [5.41, 5.74) is -1.77. The van der Waals surface area contributed by atoms with E-state index in [1.165, 1.54) is 77.0 Å². The van der Waals surface area contributed by atoms with Crippen LogP contribution in [0.2, 0.25) is 0 Å². The largest absolute Gasteiger partial charge is 0.491 e. The number of carbonyl (C=O) groups excluding carboxylic acids is 4. The number of amides is 4. The van der Waals surface area contributed by atoms with Crippen LogP contribution < -0.4 is 15.4 Å². The standard InChI is InChI=1S/C34H55N3O5/c1-7-8-9-10-11-12-13-14-15-16-17-18-19-22-25-42-27-24-21-20-23-26(27)35-30(39)28(29(38)33(2,3)4)37-31(40)34(5,6)36-32(37)41/h20-21,23-24,28H,7-19,22,25H2,1-6H3,(H,35,39)(H,36,41). The molecule has 1 heterocycles. The van der Waals surface area contributed by atoms with Crippen LogP contribution >= 0.6 is 0 Å². The summed E-state index contributed by atoms with van der Waals surface area (Å²) < 4.78 is 5.99. The second-order valence-electron chi connectivity index (χ2n) is 13.2. The zero-order valence-electron chi connectivity index (χ0n) is 27.0. The topological polar surface area (TPSA) is 105 Å². The fourth-order valence-electron chi connectivity index (χ4n) is 5.15. The second-order valence-corrected chi connectivity index (χ2v) is 13.2. The summed E-state index contributed by atoms with van der Waals surface area (Å²) in [7, 11) is 0. The van der Waals surface area contributed by atoms with E-state index in [2.05, 4.69) is 17.6 Å². The number of hydrogen-bond acceptors (Lipinski definition) is 5. The second kappa shape index (κ2) is 17.3. The van der Waals surface area contributed by atoms with Crippen molar-refractivity contribution in [2.24, 2.45) is 5.41 Å². The van der Waals surface area contributed by atoms with E-state index in [0.717, 1.165) is 17.7 Å². The molecule has 1 unspecified atom stereocenters. The number of benzene rings is 1. The summed E-state index contributed by atoms with van der Waals surface area (Å²) in [4.78, 5) is 53.3. The van der Waals surface area contributed by atoms with Gasteiger partial charge in [0.15, 0.2) is 11.8 Å². The third kappa shape index (κ3) is 11.1. The summed E-state index contributed by atoms with van der Waals surface area (Å²) in [5.74, 6) is -1.40. The van der Waals surface area contributed by atoms with Gasteiger partial charge >= 0.3 is 6.03 Å². The van der Waals surface area contributed by atoms with Gasteiger partial charge in [0.2, 0.25) is 0 Å². The van der Waals surface area contributed by atoms with E-state index in [9.17, 15) is 19.2 Å². The third-order valence-electron chi connectivity index (χ3n) is 7.79. The molecule has 0 aromatic heterocycles. The number of carbonyl (C=O) groups is 4. The van der Waals surface area contributed by atoms with Crippen LogP contribution in [0.25, 0.3) is 0 Å². The molecule has 1 saturated heterocycles. The maximum Gasteiger partial charge on any atom is 0.326 e. The Labute approximate surface area is 253 Å². The normalized spacial score (nSPS) is 15.4. The number of anilines is 1. The molecule has 8 heteroatoms. The quantitative estimate of drug-likeness (QED) is 0.0923. The number of imide groups is 1. The average Bonchev–Trinajstić information content (AvgIpc) is 3.12. The van der Waals surface area contributed by atoms with Gasteiger partial charge in [-0.3, -0.25) is 14.4 Å². The van der Waals surface area contributed by atoms with Gasteiger partial charge in [0.1, 0.15) is 11.3 Å². The van der Waals surface area contributed by atoms with Gasteiger partial charge in [-0.25, -0.2) is 9.69 Å². The van der Waals surface area contributed by atoms with Crippen LogP contribution in [0.15, 0.2) is 24.3 Å². The molecule has 1 aliphatic rings. The lowest BCUT2D eigenvalue weighted by molar-refractivity contribution is -0.144. The third-order valence-corrected chi connectivity index (χ3v) is 7.79. The van der Waals surface area contributed by atoms with Gasteiger partial charge < -0.3 is 15.4 Å². The first kappa shape index (κ1) is 35.3. The molecule has 1 atom stereocenters. The highest BCUT2D eigenvalue weighted by Gasteiger charge is 2.53. The van der Waals surface area contributed by atoms with Crippen LogP contribution in [0.5, 0.6) is 5.75 Å². The Morgan fingerprint density at radius 3 is 1.83 bits per heavy atom. The highest BCUT2D eigenvalue weighted by atomic mass is 16.5. The summed E-state index contributed by atoms with van der Waals surface area (Å²) in [6.45, 7) is 10.8. The van der Waals surface area contributed by atoms with Crippen LogP contribution in [0.1, 0.15) is 131 Å². The Kier molecular flexibility index (Phi) is 14.5. The van der Waals surface area contributed by atoms with Gasteiger partial charge in [0.05, 0.1) is 12.3 Å². The zero-order chi connectivity index (χ0) is 31.2. The first-order valence-electron chi connectivity index (χ1n) is 16.1. The van der Waals surface area contributed by atoms with Crippen molar-refractivity contribution in [2.75, 3.05) is 11.9 Å². The van der Waals surface area contributed by atoms with Gasteiger partial charge in [-0.15, -0.1) is 0 Å². The Hall–Kier alpha value is -2.90. The maximum absolute atomic E-state index is 13.5. The predicted octanol–water partition coefficient (Wildman–Crippen LogP) is 7.80. The predicted molar refractivity (Wildman–Crippen MR) is 169 cm³/mol. The van der Waals surface area contributed by atoms with Crippen molar-refractivity contribution in [1.82, 2.24) is 10.2 Å². The van der Waals surface area contributed by atoms with Gasteiger partial charge in [0, 0.05) is 5.41 Å². The Morgan fingerprint density at radius 1 is 0.857 bits per heavy atom. The number of para-hydroxylation sites is 2. The minimum Gasteiger partial charge on any atom is -0.491 e. The average molecular weight is 586 g/mol. The lowest BCUT2D eigenvalue weighted by Crippen LogP contribution is -2.55. The van der Waals surface area contributed by atoms with Crippen molar-refractivity contribution >= 4 is 29.3 Å². The number of nitrogens with one attached hydrogen (secondary N) is 2. The molecule has 4 amide bonds. The molecule has 0 bridgehead atoms. The summed E-state index contributed by atoms with van der Waals surface area (Å²) in [6.07, 6.45) is 17.9. The van der Waals surface area contributed by atoms with Crippen LogP contribution in [-0.2, 0) is 14.4 Å². The zero-order valence-corrected chi connectivity index (χ0v) is 27.0. The van der Waals surface area contributed by atoms with E-state index in [0.29, 0.717) is 18.0 Å². The van der Waals surface area contributed by atoms with E-state index in [1.807, 2.05) is 6.07 Å². The molecular formula is C34H55N3O5. The van der Waals surface area contributed by atoms with E-state index in [4.69, 9.17) is 4.74 Å². The number of ketones is 1. The number of nitrogens with zero attached hydrogens (tertiary/aromatic N) is 1. The van der Waals surface area contributed by atoms with E-state index < -0.39 is 40.6 Å². The number of unbranched alkanes of at least 4 members (excludes halogenated alkanes) is 13. The first-order chi connectivity index (χ1) is 19.9. The van der Waals surface area contributed by atoms with Crippen LogP contribution in [0.4, 0.5) is 10.5 Å². The van der Waals surface area contributed by atoms with Crippen molar-refractivity contribution < 1.29 is 23.9 Å². The van der Waals surface area contributed by atoms with E-state index >= 15 is 0 Å². The molecular weight excluding hydrogens is 530 g/mol. The van der Waals surface area contributed by atoms with Gasteiger partial charge in [-0.2, -0.15) is 0 Å². The highest BCUT2D eigenvalue weighted by Crippen LogP contribution is 2.29. The summed E-state index contributed by atoms with van der Waals surface area (Å²) in [5, 5.41) is 5.31. The van der Waals surface area contributed by atoms with Crippen molar-refractivity contribution in [1.29, 1.82) is 0 Å². The molecule has 2 rings (SSSR count). The SMILES string of the molecule is CCCCCCCCCCCCCCCCOc1ccccc1NC(=O)C(C(=O)C(C)(C)C)N1C(=O)NC(C)(C)C1=O. The highest BCUT2D eigenvalue weighted by molar-refractivity contribution is 6.20. The fourth-order valence-corrected chi connectivity index (χ4v) is 5.15. The molecule has 0 aliphatic carbocycles. The van der Waals surface area contributed by atoms with E-state index in [1.54, 1.807) is 52.8 Å². The minimum absolute atomic E-state index is 0.394. The monoisotopic (exact) mass is 585 g/mol. The minimum atomic E-state index is -1.60. The first-order valence-corrected chi connectivity index (χ1v) is 16.1. The molecule has 8 nitrogen and oxygen atoms in total. The molecule has 1 fully saturated rings. The molecule has 2 N–H and O–H groups in total.